The highest BCUT2D eigenvalue weighted by atomic mass is 127. The van der Waals surface area contributed by atoms with Gasteiger partial charge in [-0.3, -0.25) is 5.10 Å². The monoisotopic (exact) mass is 546 g/mol. The molecule has 0 spiro atoms. The van der Waals surface area contributed by atoms with Crippen molar-refractivity contribution in [3.8, 4) is 28.1 Å². The molecule has 1 saturated heterocycles. The van der Waals surface area contributed by atoms with Crippen LogP contribution in [0, 0.1) is 3.57 Å². The predicted octanol–water partition coefficient (Wildman–Crippen LogP) is 4.89. The van der Waals surface area contributed by atoms with E-state index in [2.05, 4.69) is 100 Å². The average Bonchev–Trinajstić information content (AvgIpc) is 3.25. The van der Waals surface area contributed by atoms with Gasteiger partial charge >= 0.3 is 0 Å². The molecule has 0 aliphatic carbocycles. The molecular weight excluding hydrogens is 515 g/mol. The van der Waals surface area contributed by atoms with Crippen LogP contribution in [0.1, 0.15) is 40.5 Å². The van der Waals surface area contributed by atoms with Crippen LogP contribution in [-0.2, 0) is 0 Å². The number of halogens is 1. The van der Waals surface area contributed by atoms with E-state index >= 15 is 0 Å². The third-order valence-corrected chi connectivity index (χ3v) is 7.00. The first-order valence-corrected chi connectivity index (χ1v) is 11.9. The first kappa shape index (κ1) is 23.0. The highest BCUT2D eigenvalue weighted by Gasteiger charge is 2.39. The molecule has 2 aromatic heterocycles. The van der Waals surface area contributed by atoms with Gasteiger partial charge in [-0.2, -0.15) is 5.10 Å². The van der Waals surface area contributed by atoms with Crippen LogP contribution in [0.25, 0.3) is 22.4 Å². The van der Waals surface area contributed by atoms with Crippen LogP contribution in [0.15, 0.2) is 36.7 Å². The van der Waals surface area contributed by atoms with Crippen LogP contribution >= 0.6 is 22.6 Å². The Bertz CT molecular complexity index is 1060. The van der Waals surface area contributed by atoms with Gasteiger partial charge in [0.2, 0.25) is 0 Å². The smallest absolute Gasteiger partial charge is 0.151 e. The van der Waals surface area contributed by atoms with Crippen molar-refractivity contribution in [3.05, 3.63) is 40.2 Å². The first-order valence-electron chi connectivity index (χ1n) is 10.8. The second-order valence-corrected chi connectivity index (χ2v) is 11.0. The summed E-state index contributed by atoms with van der Waals surface area (Å²) in [4.78, 5) is 2.27. The number of aromatic nitrogens is 4. The molecule has 1 aromatic carbocycles. The molecule has 4 rings (SSSR count). The predicted molar refractivity (Wildman–Crippen MR) is 137 cm³/mol. The lowest BCUT2D eigenvalue weighted by molar-refractivity contribution is 0.160. The molecule has 8 heteroatoms. The highest BCUT2D eigenvalue weighted by molar-refractivity contribution is 14.1. The lowest BCUT2D eigenvalue weighted by atomic mass is 9.79. The third kappa shape index (κ3) is 4.76. The SMILES string of the molecule is COc1cc(I)c(-c2cn[nH]c2)cc1-c1ccc(N(C)C2CC(C)(C)NC(C)(C)C2)nn1. The van der Waals surface area contributed by atoms with Crippen LogP contribution in [0.3, 0.4) is 0 Å². The maximum atomic E-state index is 5.66. The van der Waals surface area contributed by atoms with Crippen LogP contribution in [-0.4, -0.2) is 51.7 Å². The topological polar surface area (TPSA) is 79.0 Å². The van der Waals surface area contributed by atoms with Gasteiger partial charge in [-0.25, -0.2) is 0 Å². The lowest BCUT2D eigenvalue weighted by Gasteiger charge is -2.49. The first-order chi connectivity index (χ1) is 15.1. The minimum absolute atomic E-state index is 0.0755. The molecule has 2 N–H and O–H groups in total. The van der Waals surface area contributed by atoms with Gasteiger partial charge in [-0.1, -0.05) is 0 Å². The number of H-pyrrole nitrogens is 1. The third-order valence-electron chi connectivity index (χ3n) is 6.10. The van der Waals surface area contributed by atoms with Gasteiger partial charge in [0.15, 0.2) is 5.82 Å². The van der Waals surface area contributed by atoms with Gasteiger partial charge in [0.25, 0.3) is 0 Å². The fraction of sp³-hybridized carbons (Fsp3) is 0.458. The number of piperidine rings is 1. The molecule has 0 atom stereocenters. The summed E-state index contributed by atoms with van der Waals surface area (Å²) in [7, 11) is 3.80. The van der Waals surface area contributed by atoms with Crippen LogP contribution in [0.5, 0.6) is 5.75 Å². The van der Waals surface area contributed by atoms with E-state index < -0.39 is 0 Å². The Morgan fingerprint density at radius 3 is 2.34 bits per heavy atom. The maximum Gasteiger partial charge on any atom is 0.151 e. The van der Waals surface area contributed by atoms with Gasteiger partial charge in [0.05, 0.1) is 19.0 Å². The summed E-state index contributed by atoms with van der Waals surface area (Å²) in [5.74, 6) is 1.66. The van der Waals surface area contributed by atoms with E-state index in [9.17, 15) is 0 Å². The second-order valence-electron chi connectivity index (χ2n) is 9.86. The Kier molecular flexibility index (Phi) is 6.19. The largest absolute Gasteiger partial charge is 0.496 e. The number of aromatic amines is 1. The number of rotatable bonds is 5. The summed E-state index contributed by atoms with van der Waals surface area (Å²) in [5.41, 5.74) is 3.95. The van der Waals surface area contributed by atoms with Gasteiger partial charge in [-0.15, -0.1) is 10.2 Å². The molecule has 3 heterocycles. The standard InChI is InChI=1S/C24H31IN6O/c1-23(2)11-16(12-24(3,4)30-23)31(5)22-8-7-20(28-29-22)18-9-17(15-13-26-27-14-15)19(25)10-21(18)32-6/h7-10,13-14,16,30H,11-12H2,1-6H3,(H,26,27). The van der Waals surface area contributed by atoms with Gasteiger partial charge in [-0.05, 0) is 93.0 Å². The van der Waals surface area contributed by atoms with Gasteiger partial charge < -0.3 is 15.0 Å². The Hall–Kier alpha value is -2.20. The summed E-state index contributed by atoms with van der Waals surface area (Å²) >= 11 is 2.32. The summed E-state index contributed by atoms with van der Waals surface area (Å²) in [6.45, 7) is 9.07. The van der Waals surface area contributed by atoms with Crippen molar-refractivity contribution in [2.45, 2.75) is 57.7 Å². The van der Waals surface area contributed by atoms with E-state index in [1.54, 1.807) is 7.11 Å². The zero-order chi connectivity index (χ0) is 23.1. The normalized spacial score (nSPS) is 17.8. The van der Waals surface area contributed by atoms with Crippen molar-refractivity contribution in [2.75, 3.05) is 19.1 Å². The Labute approximate surface area is 203 Å². The highest BCUT2D eigenvalue weighted by Crippen LogP contribution is 2.37. The van der Waals surface area contributed by atoms with Crippen molar-refractivity contribution in [2.24, 2.45) is 0 Å². The second kappa shape index (κ2) is 8.62. The lowest BCUT2D eigenvalue weighted by Crippen LogP contribution is -2.62. The quantitative estimate of drug-likeness (QED) is 0.444. The van der Waals surface area contributed by atoms with E-state index in [1.807, 2.05) is 24.5 Å². The molecule has 1 aliphatic rings. The van der Waals surface area contributed by atoms with E-state index in [4.69, 9.17) is 4.74 Å². The van der Waals surface area contributed by atoms with Gasteiger partial charge in [0.1, 0.15) is 5.75 Å². The number of benzene rings is 1. The van der Waals surface area contributed by atoms with E-state index in [1.165, 1.54) is 0 Å². The van der Waals surface area contributed by atoms with Crippen molar-refractivity contribution in [1.29, 1.82) is 0 Å². The fourth-order valence-electron chi connectivity index (χ4n) is 4.93. The molecule has 0 radical (unpaired) electrons. The zero-order valence-corrected chi connectivity index (χ0v) is 21.7. The number of anilines is 1. The van der Waals surface area contributed by atoms with Crippen molar-refractivity contribution < 1.29 is 4.74 Å². The molecule has 170 valence electrons. The number of methoxy groups -OCH3 is 1. The molecule has 0 bridgehead atoms. The van der Waals surface area contributed by atoms with Crippen molar-refractivity contribution in [1.82, 2.24) is 25.7 Å². The number of hydrogen-bond donors (Lipinski definition) is 2. The molecule has 0 saturated carbocycles. The maximum absolute atomic E-state index is 5.66. The molecular formula is C24H31IN6O. The molecule has 0 amide bonds. The number of ether oxygens (including phenoxy) is 1. The molecule has 0 unspecified atom stereocenters. The van der Waals surface area contributed by atoms with E-state index in [-0.39, 0.29) is 11.1 Å². The van der Waals surface area contributed by atoms with Gasteiger partial charge in [0, 0.05) is 45.1 Å². The molecule has 7 nitrogen and oxygen atoms in total. The molecule has 1 fully saturated rings. The van der Waals surface area contributed by atoms with Crippen molar-refractivity contribution in [3.63, 3.8) is 0 Å². The van der Waals surface area contributed by atoms with Crippen LogP contribution in [0.4, 0.5) is 5.82 Å². The molecule has 32 heavy (non-hydrogen) atoms. The zero-order valence-electron chi connectivity index (χ0n) is 19.5. The van der Waals surface area contributed by atoms with Crippen LogP contribution in [0.2, 0.25) is 0 Å². The summed E-state index contributed by atoms with van der Waals surface area (Å²) < 4.78 is 6.75. The Morgan fingerprint density at radius 1 is 1.06 bits per heavy atom. The number of hydrogen-bond acceptors (Lipinski definition) is 6. The van der Waals surface area contributed by atoms with Crippen LogP contribution < -0.4 is 15.0 Å². The Balaban J connectivity index is 1.63. The number of nitrogens with zero attached hydrogens (tertiary/aromatic N) is 4. The van der Waals surface area contributed by atoms with Crippen molar-refractivity contribution >= 4 is 28.4 Å². The Morgan fingerprint density at radius 2 is 1.78 bits per heavy atom. The summed E-state index contributed by atoms with van der Waals surface area (Å²) in [6.07, 6.45) is 5.81. The minimum atomic E-state index is 0.0755. The molecule has 3 aromatic rings. The molecule has 1 aliphatic heterocycles. The summed E-state index contributed by atoms with van der Waals surface area (Å²) in [6, 6.07) is 8.59. The van der Waals surface area contributed by atoms with E-state index in [0.717, 1.165) is 50.4 Å². The average molecular weight is 546 g/mol. The minimum Gasteiger partial charge on any atom is -0.496 e. The summed E-state index contributed by atoms with van der Waals surface area (Å²) in [5, 5.41) is 19.9. The van der Waals surface area contributed by atoms with E-state index in [0.29, 0.717) is 6.04 Å². The fourth-order valence-corrected chi connectivity index (χ4v) is 5.68. The number of nitrogens with one attached hydrogen (secondary N) is 2.